The van der Waals surface area contributed by atoms with Gasteiger partial charge >= 0.3 is 24.5 Å². The molecular formula is C4H9Br2MgO+. The Labute approximate surface area is 88.7 Å². The molecule has 0 bridgehead atoms. The minimum atomic E-state index is 0. The van der Waals surface area contributed by atoms with Gasteiger partial charge in [-0.2, -0.15) is 0 Å². The molecule has 0 atom stereocenters. The Morgan fingerprint density at radius 2 is 1.38 bits per heavy atom. The fourth-order valence-electron chi connectivity index (χ4n) is 0.510. The van der Waals surface area contributed by atoms with Gasteiger partial charge in [0.25, 0.3) is 0 Å². The van der Waals surface area contributed by atoms with E-state index in [9.17, 15) is 0 Å². The normalized spacial score (nSPS) is 15.0. The molecule has 46 valence electrons. The van der Waals surface area contributed by atoms with Gasteiger partial charge in [-0.1, -0.05) is 0 Å². The summed E-state index contributed by atoms with van der Waals surface area (Å²) in [6.45, 7) is 2.00. The van der Waals surface area contributed by atoms with E-state index in [1.165, 1.54) is 12.8 Å². The van der Waals surface area contributed by atoms with Crippen LogP contribution in [0.5, 0.6) is 0 Å². The van der Waals surface area contributed by atoms with Crippen molar-refractivity contribution >= 4 is 23.1 Å². The van der Waals surface area contributed by atoms with Gasteiger partial charge < -0.3 is 38.7 Å². The molecule has 0 N–H and O–H groups in total. The molecule has 0 aromatic rings. The molecule has 0 unspecified atom stereocenters. The fourth-order valence-corrected chi connectivity index (χ4v) is 0.510. The SMILES string of the molecule is C1CCOC1.[Br-].[Br-].[H+].[Mg+2]. The van der Waals surface area contributed by atoms with Gasteiger partial charge in [0.2, 0.25) is 0 Å². The number of hydrogen-bond donors (Lipinski definition) is 0. The maximum atomic E-state index is 4.94. The standard InChI is InChI=1S/C4H8O.2BrH.Mg/c1-2-4-5-3-1;;;/h1-4H2;2*1H;/q;;;+2/p-1. The average Bonchev–Trinajstić information content (AvgIpc) is 1.76. The maximum absolute atomic E-state index is 4.94. The van der Waals surface area contributed by atoms with Crippen LogP contribution in [0.1, 0.15) is 14.3 Å². The second-order valence-electron chi connectivity index (χ2n) is 1.32. The van der Waals surface area contributed by atoms with Crippen LogP contribution >= 0.6 is 0 Å². The molecule has 8 heavy (non-hydrogen) atoms. The molecule has 0 amide bonds. The van der Waals surface area contributed by atoms with Crippen LogP contribution in [0.4, 0.5) is 0 Å². The summed E-state index contributed by atoms with van der Waals surface area (Å²) in [5, 5.41) is 0. The molecule has 1 rings (SSSR count). The summed E-state index contributed by atoms with van der Waals surface area (Å²) >= 11 is 0. The smallest absolute Gasteiger partial charge is 1.00 e. The Balaban J connectivity index is -0.0000000312. The second-order valence-corrected chi connectivity index (χ2v) is 1.32. The summed E-state index contributed by atoms with van der Waals surface area (Å²) in [5.74, 6) is 0. The predicted molar refractivity (Wildman–Crippen MR) is 26.9 cm³/mol. The van der Waals surface area contributed by atoms with Crippen LogP contribution in [0.15, 0.2) is 0 Å². The van der Waals surface area contributed by atoms with E-state index in [-0.39, 0.29) is 58.4 Å². The first-order chi connectivity index (χ1) is 2.50. The van der Waals surface area contributed by atoms with E-state index in [0.717, 1.165) is 13.2 Å². The molecule has 1 aliphatic heterocycles. The third-order valence-corrected chi connectivity index (χ3v) is 0.827. The van der Waals surface area contributed by atoms with Crippen molar-refractivity contribution in [2.45, 2.75) is 12.8 Å². The summed E-state index contributed by atoms with van der Waals surface area (Å²) in [7, 11) is 0. The third kappa shape index (κ3) is 7.69. The van der Waals surface area contributed by atoms with Gasteiger partial charge in [0.05, 0.1) is 0 Å². The second kappa shape index (κ2) is 11.5. The van der Waals surface area contributed by atoms with Crippen molar-refractivity contribution in [3.63, 3.8) is 0 Å². The monoisotopic (exact) mass is 255 g/mol. The van der Waals surface area contributed by atoms with Gasteiger partial charge in [0.1, 0.15) is 0 Å². The zero-order valence-electron chi connectivity index (χ0n) is 5.70. The van der Waals surface area contributed by atoms with Crippen molar-refractivity contribution in [2.24, 2.45) is 0 Å². The molecule has 0 aromatic carbocycles. The van der Waals surface area contributed by atoms with E-state index in [2.05, 4.69) is 0 Å². The molecule has 4 heteroatoms. The zero-order valence-corrected chi connectivity index (χ0v) is 9.29. The number of hydrogen-bond acceptors (Lipinski definition) is 1. The first kappa shape index (κ1) is 16.3. The summed E-state index contributed by atoms with van der Waals surface area (Å²) in [6, 6.07) is 0. The van der Waals surface area contributed by atoms with Gasteiger partial charge in [-0.15, -0.1) is 0 Å². The van der Waals surface area contributed by atoms with Crippen LogP contribution in [0.3, 0.4) is 0 Å². The Morgan fingerprint density at radius 1 is 1.00 bits per heavy atom. The zero-order chi connectivity index (χ0) is 3.54. The Bertz CT molecular complexity index is 30.1. The molecule has 1 aliphatic rings. The number of rotatable bonds is 0. The average molecular weight is 257 g/mol. The molecule has 1 heterocycles. The summed E-state index contributed by atoms with van der Waals surface area (Å²) < 4.78 is 4.94. The summed E-state index contributed by atoms with van der Waals surface area (Å²) in [5.41, 5.74) is 0. The summed E-state index contributed by atoms with van der Waals surface area (Å²) in [4.78, 5) is 0. The third-order valence-electron chi connectivity index (χ3n) is 0.827. The molecule has 0 aliphatic carbocycles. The van der Waals surface area contributed by atoms with Crippen LogP contribution in [0.2, 0.25) is 0 Å². The van der Waals surface area contributed by atoms with Crippen LogP contribution < -0.4 is 34.0 Å². The minimum absolute atomic E-state index is 0. The van der Waals surface area contributed by atoms with Crippen molar-refractivity contribution in [3.8, 4) is 0 Å². The topological polar surface area (TPSA) is 9.23 Å². The van der Waals surface area contributed by atoms with Gasteiger partial charge in [-0.3, -0.25) is 0 Å². The van der Waals surface area contributed by atoms with Crippen LogP contribution in [-0.2, 0) is 4.74 Å². The Morgan fingerprint density at radius 3 is 1.50 bits per heavy atom. The van der Waals surface area contributed by atoms with Gasteiger partial charge in [-0.25, -0.2) is 0 Å². The Kier molecular flexibility index (Phi) is 23.5. The molecule has 0 spiro atoms. The van der Waals surface area contributed by atoms with E-state index in [4.69, 9.17) is 4.74 Å². The van der Waals surface area contributed by atoms with E-state index in [1.807, 2.05) is 0 Å². The van der Waals surface area contributed by atoms with Crippen LogP contribution in [0, 0.1) is 0 Å². The van der Waals surface area contributed by atoms with Crippen LogP contribution in [0.25, 0.3) is 0 Å². The van der Waals surface area contributed by atoms with Crippen molar-refractivity contribution in [1.29, 1.82) is 0 Å². The van der Waals surface area contributed by atoms with Crippen molar-refractivity contribution in [2.75, 3.05) is 13.2 Å². The van der Waals surface area contributed by atoms with E-state index < -0.39 is 0 Å². The molecule has 1 saturated heterocycles. The maximum Gasteiger partial charge on any atom is 2.00 e. The van der Waals surface area contributed by atoms with E-state index >= 15 is 0 Å². The number of ether oxygens (including phenoxy) is 1. The molecular weight excluding hydrogens is 248 g/mol. The fraction of sp³-hybridized carbons (Fsp3) is 1.00. The Hall–Kier alpha value is 1.69. The summed E-state index contributed by atoms with van der Waals surface area (Å²) in [6.07, 6.45) is 2.56. The number of halogens is 2. The molecule has 0 radical (unpaired) electrons. The first-order valence-electron chi connectivity index (χ1n) is 2.08. The van der Waals surface area contributed by atoms with E-state index in [0.29, 0.717) is 0 Å². The van der Waals surface area contributed by atoms with Gasteiger partial charge in [-0.05, 0) is 12.8 Å². The predicted octanol–water partition coefficient (Wildman–Crippen LogP) is -5.46. The quantitative estimate of drug-likeness (QED) is 0.394. The molecule has 0 aromatic heterocycles. The van der Waals surface area contributed by atoms with Crippen molar-refractivity contribution in [1.82, 2.24) is 0 Å². The van der Waals surface area contributed by atoms with E-state index in [1.54, 1.807) is 0 Å². The first-order valence-corrected chi connectivity index (χ1v) is 2.08. The molecule has 0 saturated carbocycles. The van der Waals surface area contributed by atoms with Crippen LogP contribution in [-0.4, -0.2) is 36.3 Å². The van der Waals surface area contributed by atoms with Crippen molar-refractivity contribution < 1.29 is 40.1 Å². The molecule has 1 nitrogen and oxygen atoms in total. The van der Waals surface area contributed by atoms with Gasteiger partial charge in [0.15, 0.2) is 0 Å². The molecule has 1 fully saturated rings. The van der Waals surface area contributed by atoms with Gasteiger partial charge in [0, 0.05) is 13.2 Å². The largest absolute Gasteiger partial charge is 2.00 e. The van der Waals surface area contributed by atoms with Crippen molar-refractivity contribution in [3.05, 3.63) is 0 Å². The minimum Gasteiger partial charge on any atom is -1.00 e.